The van der Waals surface area contributed by atoms with Gasteiger partial charge < -0.3 is 9.84 Å². The number of hydrogen-bond acceptors (Lipinski definition) is 2. The molecule has 0 amide bonds. The van der Waals surface area contributed by atoms with Gasteiger partial charge in [0.25, 0.3) is 0 Å². The summed E-state index contributed by atoms with van der Waals surface area (Å²) in [7, 11) is 0. The Kier molecular flexibility index (Phi) is 3.44. The van der Waals surface area contributed by atoms with Gasteiger partial charge in [0.2, 0.25) is 0 Å². The molecule has 4 heteroatoms. The second kappa shape index (κ2) is 5.01. The number of para-hydroxylation sites is 1. The number of aromatic carboxylic acids is 1. The fourth-order valence-corrected chi connectivity index (χ4v) is 1.73. The SMILES string of the molecule is O=C(O)c1cc(Br)ccc1Oc1ccccc1. The van der Waals surface area contributed by atoms with Crippen molar-refractivity contribution in [3.05, 3.63) is 58.6 Å². The molecule has 2 aromatic carbocycles. The van der Waals surface area contributed by atoms with Gasteiger partial charge in [0.15, 0.2) is 0 Å². The topological polar surface area (TPSA) is 46.5 Å². The number of ether oxygens (including phenoxy) is 1. The summed E-state index contributed by atoms with van der Waals surface area (Å²) in [5, 5.41) is 9.07. The van der Waals surface area contributed by atoms with Gasteiger partial charge in [-0.1, -0.05) is 34.1 Å². The third-order valence-electron chi connectivity index (χ3n) is 2.14. The summed E-state index contributed by atoms with van der Waals surface area (Å²) in [6, 6.07) is 13.9. The second-order valence-electron chi connectivity index (χ2n) is 3.36. The molecule has 0 aliphatic heterocycles. The van der Waals surface area contributed by atoms with E-state index >= 15 is 0 Å². The first-order chi connectivity index (χ1) is 8.16. The largest absolute Gasteiger partial charge is 0.478 e. The number of hydrogen-bond donors (Lipinski definition) is 1. The van der Waals surface area contributed by atoms with Crippen molar-refractivity contribution in [2.24, 2.45) is 0 Å². The third kappa shape index (κ3) is 2.85. The minimum absolute atomic E-state index is 0.128. The van der Waals surface area contributed by atoms with Crippen molar-refractivity contribution in [3.63, 3.8) is 0 Å². The van der Waals surface area contributed by atoms with E-state index in [0.29, 0.717) is 16.0 Å². The fourth-order valence-electron chi connectivity index (χ4n) is 1.37. The highest BCUT2D eigenvalue weighted by Gasteiger charge is 2.12. The van der Waals surface area contributed by atoms with Crippen molar-refractivity contribution in [3.8, 4) is 11.5 Å². The zero-order chi connectivity index (χ0) is 12.3. The molecular weight excluding hydrogens is 284 g/mol. The van der Waals surface area contributed by atoms with Gasteiger partial charge in [-0.2, -0.15) is 0 Å². The van der Waals surface area contributed by atoms with E-state index in [9.17, 15) is 4.79 Å². The summed E-state index contributed by atoms with van der Waals surface area (Å²) in [6.07, 6.45) is 0. The van der Waals surface area contributed by atoms with Gasteiger partial charge in [-0.25, -0.2) is 4.79 Å². The molecule has 2 rings (SSSR count). The molecule has 0 saturated carbocycles. The Balaban J connectivity index is 2.36. The van der Waals surface area contributed by atoms with E-state index in [4.69, 9.17) is 9.84 Å². The zero-order valence-corrected chi connectivity index (χ0v) is 10.3. The van der Waals surface area contributed by atoms with Crippen LogP contribution in [0.1, 0.15) is 10.4 Å². The lowest BCUT2D eigenvalue weighted by Gasteiger charge is -2.08. The van der Waals surface area contributed by atoms with Crippen molar-refractivity contribution in [2.45, 2.75) is 0 Å². The molecule has 0 saturated heterocycles. The summed E-state index contributed by atoms with van der Waals surface area (Å²) in [4.78, 5) is 11.1. The van der Waals surface area contributed by atoms with Gasteiger partial charge in [0.1, 0.15) is 17.1 Å². The van der Waals surface area contributed by atoms with Crippen LogP contribution in [-0.4, -0.2) is 11.1 Å². The molecule has 1 N–H and O–H groups in total. The molecule has 0 atom stereocenters. The maximum Gasteiger partial charge on any atom is 0.339 e. The molecule has 0 aliphatic carbocycles. The molecule has 0 fully saturated rings. The van der Waals surface area contributed by atoms with Crippen LogP contribution in [0.15, 0.2) is 53.0 Å². The van der Waals surface area contributed by atoms with Crippen LogP contribution in [0.4, 0.5) is 0 Å². The Morgan fingerprint density at radius 2 is 1.82 bits per heavy atom. The smallest absolute Gasteiger partial charge is 0.339 e. The van der Waals surface area contributed by atoms with E-state index in [1.165, 1.54) is 6.07 Å². The van der Waals surface area contributed by atoms with E-state index in [2.05, 4.69) is 15.9 Å². The van der Waals surface area contributed by atoms with Crippen LogP contribution < -0.4 is 4.74 Å². The molecule has 2 aromatic rings. The average Bonchev–Trinajstić information content (AvgIpc) is 2.32. The maximum atomic E-state index is 11.1. The fraction of sp³-hybridized carbons (Fsp3) is 0. The number of rotatable bonds is 3. The minimum atomic E-state index is -1.02. The lowest BCUT2D eigenvalue weighted by atomic mass is 10.2. The zero-order valence-electron chi connectivity index (χ0n) is 8.76. The van der Waals surface area contributed by atoms with Gasteiger partial charge in [-0.05, 0) is 30.3 Å². The molecule has 0 spiro atoms. The average molecular weight is 293 g/mol. The van der Waals surface area contributed by atoms with Crippen molar-refractivity contribution in [1.29, 1.82) is 0 Å². The molecule has 0 aliphatic rings. The van der Waals surface area contributed by atoms with E-state index in [0.717, 1.165) is 0 Å². The van der Waals surface area contributed by atoms with Gasteiger partial charge in [-0.3, -0.25) is 0 Å². The Bertz CT molecular complexity index is 538. The standard InChI is InChI=1S/C13H9BrO3/c14-9-6-7-12(11(8-9)13(15)16)17-10-4-2-1-3-5-10/h1-8H,(H,15,16). The maximum absolute atomic E-state index is 11.1. The molecule has 0 unspecified atom stereocenters. The normalized spacial score (nSPS) is 9.94. The quantitative estimate of drug-likeness (QED) is 0.932. The van der Waals surface area contributed by atoms with E-state index in [-0.39, 0.29) is 5.56 Å². The first-order valence-corrected chi connectivity index (χ1v) is 5.72. The van der Waals surface area contributed by atoms with Crippen LogP contribution in [0, 0.1) is 0 Å². The van der Waals surface area contributed by atoms with Gasteiger partial charge in [0.05, 0.1) is 0 Å². The van der Waals surface area contributed by atoms with E-state index < -0.39 is 5.97 Å². The molecule has 0 bridgehead atoms. The van der Waals surface area contributed by atoms with Crippen LogP contribution in [0.2, 0.25) is 0 Å². The van der Waals surface area contributed by atoms with Crippen LogP contribution in [0.5, 0.6) is 11.5 Å². The molecule has 17 heavy (non-hydrogen) atoms. The Labute approximate surface area is 107 Å². The van der Waals surface area contributed by atoms with Crippen molar-refractivity contribution in [2.75, 3.05) is 0 Å². The Morgan fingerprint density at radius 3 is 2.47 bits per heavy atom. The first-order valence-electron chi connectivity index (χ1n) is 4.92. The van der Waals surface area contributed by atoms with Crippen molar-refractivity contribution in [1.82, 2.24) is 0 Å². The molecule has 3 nitrogen and oxygen atoms in total. The second-order valence-corrected chi connectivity index (χ2v) is 4.28. The van der Waals surface area contributed by atoms with Crippen LogP contribution in [-0.2, 0) is 0 Å². The van der Waals surface area contributed by atoms with Crippen LogP contribution in [0.3, 0.4) is 0 Å². The van der Waals surface area contributed by atoms with E-state index in [1.54, 1.807) is 24.3 Å². The number of benzene rings is 2. The summed E-state index contributed by atoms with van der Waals surface area (Å²) >= 11 is 3.23. The number of carboxylic acid groups (broad SMARTS) is 1. The molecule has 0 heterocycles. The summed E-state index contributed by atoms with van der Waals surface area (Å²) in [5.74, 6) is -0.0820. The Hall–Kier alpha value is -1.81. The van der Waals surface area contributed by atoms with Crippen LogP contribution >= 0.6 is 15.9 Å². The third-order valence-corrected chi connectivity index (χ3v) is 2.64. The number of halogens is 1. The summed E-state index contributed by atoms with van der Waals surface area (Å²) in [5.41, 5.74) is 0.128. The lowest BCUT2D eigenvalue weighted by Crippen LogP contribution is -1.99. The predicted octanol–water partition coefficient (Wildman–Crippen LogP) is 3.94. The Morgan fingerprint density at radius 1 is 1.12 bits per heavy atom. The van der Waals surface area contributed by atoms with Crippen molar-refractivity contribution < 1.29 is 14.6 Å². The summed E-state index contributed by atoms with van der Waals surface area (Å²) < 4.78 is 6.23. The van der Waals surface area contributed by atoms with Gasteiger partial charge in [-0.15, -0.1) is 0 Å². The first kappa shape index (κ1) is 11.7. The highest BCUT2D eigenvalue weighted by Crippen LogP contribution is 2.27. The monoisotopic (exact) mass is 292 g/mol. The van der Waals surface area contributed by atoms with Crippen molar-refractivity contribution >= 4 is 21.9 Å². The van der Waals surface area contributed by atoms with Gasteiger partial charge in [0, 0.05) is 4.47 Å². The van der Waals surface area contributed by atoms with Gasteiger partial charge >= 0.3 is 5.97 Å². The number of carboxylic acids is 1. The minimum Gasteiger partial charge on any atom is -0.478 e. The lowest BCUT2D eigenvalue weighted by molar-refractivity contribution is 0.0694. The highest BCUT2D eigenvalue weighted by molar-refractivity contribution is 9.10. The number of carbonyl (C=O) groups is 1. The highest BCUT2D eigenvalue weighted by atomic mass is 79.9. The van der Waals surface area contributed by atoms with Crippen LogP contribution in [0.25, 0.3) is 0 Å². The molecular formula is C13H9BrO3. The predicted molar refractivity (Wildman–Crippen MR) is 67.6 cm³/mol. The van der Waals surface area contributed by atoms with E-state index in [1.807, 2.05) is 18.2 Å². The molecule has 86 valence electrons. The summed E-state index contributed by atoms with van der Waals surface area (Å²) in [6.45, 7) is 0. The molecule has 0 aromatic heterocycles. The molecule has 0 radical (unpaired) electrons.